The third-order valence-electron chi connectivity index (χ3n) is 5.43. The third-order valence-corrected chi connectivity index (χ3v) is 5.43. The molecule has 2 saturated heterocycles. The van der Waals surface area contributed by atoms with E-state index in [0.717, 1.165) is 19.3 Å². The minimum atomic E-state index is -0.803. The van der Waals surface area contributed by atoms with E-state index in [2.05, 4.69) is 5.32 Å². The van der Waals surface area contributed by atoms with Crippen molar-refractivity contribution in [2.75, 3.05) is 19.6 Å². The fraction of sp³-hybridized carbons (Fsp3) is 0.824. The summed E-state index contributed by atoms with van der Waals surface area (Å²) >= 11 is 0. The Morgan fingerprint density at radius 1 is 1.12 bits per heavy atom. The normalized spacial score (nSPS) is 30.0. The maximum absolute atomic E-state index is 12.9. The zero-order valence-corrected chi connectivity index (χ0v) is 14.4. The molecular formula is C17H27N3O4. The molecule has 1 saturated carbocycles. The summed E-state index contributed by atoms with van der Waals surface area (Å²) in [5.74, 6) is -0.816. The Labute approximate surface area is 142 Å². The van der Waals surface area contributed by atoms with Gasteiger partial charge >= 0.3 is 12.0 Å². The number of amides is 3. The fourth-order valence-corrected chi connectivity index (χ4v) is 4.08. The molecule has 2 N–H and O–H groups in total. The van der Waals surface area contributed by atoms with Crippen molar-refractivity contribution in [3.63, 3.8) is 0 Å². The van der Waals surface area contributed by atoms with Crippen LogP contribution in [0, 0.1) is 17.8 Å². The Morgan fingerprint density at radius 3 is 2.42 bits per heavy atom. The number of hydrogen-bond donors (Lipinski definition) is 2. The molecule has 3 rings (SSSR count). The molecule has 1 aliphatic carbocycles. The second kappa shape index (κ2) is 6.61. The van der Waals surface area contributed by atoms with E-state index in [0.29, 0.717) is 25.4 Å². The van der Waals surface area contributed by atoms with Gasteiger partial charge in [0.1, 0.15) is 6.04 Å². The molecule has 2 heterocycles. The molecule has 0 bridgehead atoms. The van der Waals surface area contributed by atoms with Gasteiger partial charge in [0.15, 0.2) is 0 Å². The maximum atomic E-state index is 12.9. The van der Waals surface area contributed by atoms with E-state index in [4.69, 9.17) is 0 Å². The van der Waals surface area contributed by atoms with Crippen LogP contribution in [0.4, 0.5) is 4.79 Å². The van der Waals surface area contributed by atoms with Crippen LogP contribution in [0.15, 0.2) is 0 Å². The SMILES string of the molecule is CC(C)NC(=O)N1CCC[C@H]1C(=O)N1C[C@H](C(=O)O)[C@@H](C2CC2)C1. The number of rotatable bonds is 4. The Balaban J connectivity index is 1.67. The second-order valence-electron chi connectivity index (χ2n) is 7.64. The summed E-state index contributed by atoms with van der Waals surface area (Å²) in [5, 5.41) is 12.3. The molecule has 0 unspecified atom stereocenters. The van der Waals surface area contributed by atoms with E-state index < -0.39 is 17.9 Å². The minimum Gasteiger partial charge on any atom is -0.481 e. The van der Waals surface area contributed by atoms with Crippen LogP contribution in [0.25, 0.3) is 0 Å². The lowest BCUT2D eigenvalue weighted by atomic mass is 9.92. The lowest BCUT2D eigenvalue weighted by Gasteiger charge is -2.28. The Morgan fingerprint density at radius 2 is 1.83 bits per heavy atom. The van der Waals surface area contributed by atoms with Crippen LogP contribution in [-0.2, 0) is 9.59 Å². The number of carbonyl (C=O) groups is 3. The molecule has 7 heteroatoms. The average molecular weight is 337 g/mol. The molecule has 7 nitrogen and oxygen atoms in total. The molecule has 3 amide bonds. The number of hydrogen-bond acceptors (Lipinski definition) is 3. The zero-order chi connectivity index (χ0) is 17.4. The van der Waals surface area contributed by atoms with Crippen LogP contribution >= 0.6 is 0 Å². The quantitative estimate of drug-likeness (QED) is 0.805. The van der Waals surface area contributed by atoms with Crippen molar-refractivity contribution in [1.29, 1.82) is 0 Å². The Hall–Kier alpha value is -1.79. The average Bonchev–Trinajstić information content (AvgIpc) is 3.08. The number of carboxylic acids is 1. The van der Waals surface area contributed by atoms with Crippen molar-refractivity contribution in [1.82, 2.24) is 15.1 Å². The van der Waals surface area contributed by atoms with E-state index in [9.17, 15) is 19.5 Å². The van der Waals surface area contributed by atoms with Crippen molar-refractivity contribution in [2.24, 2.45) is 17.8 Å². The molecule has 24 heavy (non-hydrogen) atoms. The smallest absolute Gasteiger partial charge is 0.318 e. The number of carboxylic acid groups (broad SMARTS) is 1. The van der Waals surface area contributed by atoms with Gasteiger partial charge in [-0.05, 0) is 51.4 Å². The third kappa shape index (κ3) is 3.35. The number of nitrogens with zero attached hydrogens (tertiary/aromatic N) is 2. The van der Waals surface area contributed by atoms with Gasteiger partial charge in [0.2, 0.25) is 5.91 Å². The topological polar surface area (TPSA) is 90.0 Å². The highest BCUT2D eigenvalue weighted by Crippen LogP contribution is 2.44. The lowest BCUT2D eigenvalue weighted by Crippen LogP contribution is -2.51. The lowest BCUT2D eigenvalue weighted by molar-refractivity contribution is -0.143. The predicted octanol–water partition coefficient (Wildman–Crippen LogP) is 1.14. The number of aliphatic carboxylic acids is 1. The van der Waals surface area contributed by atoms with Gasteiger partial charge < -0.3 is 20.2 Å². The van der Waals surface area contributed by atoms with Gasteiger partial charge in [-0.2, -0.15) is 0 Å². The van der Waals surface area contributed by atoms with Crippen LogP contribution in [-0.4, -0.2) is 64.5 Å². The first-order chi connectivity index (χ1) is 11.4. The minimum absolute atomic E-state index is 0.0243. The van der Waals surface area contributed by atoms with Gasteiger partial charge in [0, 0.05) is 25.7 Å². The summed E-state index contributed by atoms with van der Waals surface area (Å²) in [6.07, 6.45) is 3.61. The van der Waals surface area contributed by atoms with Gasteiger partial charge in [-0.15, -0.1) is 0 Å². The van der Waals surface area contributed by atoms with E-state index >= 15 is 0 Å². The highest BCUT2D eigenvalue weighted by Gasteiger charge is 2.48. The monoisotopic (exact) mass is 337 g/mol. The van der Waals surface area contributed by atoms with Gasteiger partial charge in [-0.25, -0.2) is 4.79 Å². The molecule has 0 aromatic carbocycles. The fourth-order valence-electron chi connectivity index (χ4n) is 4.08. The summed E-state index contributed by atoms with van der Waals surface area (Å²) in [6.45, 7) is 5.17. The number of carbonyl (C=O) groups excluding carboxylic acids is 2. The molecule has 3 fully saturated rings. The van der Waals surface area contributed by atoms with Crippen molar-refractivity contribution in [3.8, 4) is 0 Å². The highest BCUT2D eigenvalue weighted by molar-refractivity contribution is 5.88. The van der Waals surface area contributed by atoms with Crippen LogP contribution in [0.2, 0.25) is 0 Å². The second-order valence-corrected chi connectivity index (χ2v) is 7.64. The molecule has 134 valence electrons. The van der Waals surface area contributed by atoms with Gasteiger partial charge in [0.25, 0.3) is 0 Å². The van der Waals surface area contributed by atoms with Crippen LogP contribution in [0.3, 0.4) is 0 Å². The summed E-state index contributed by atoms with van der Waals surface area (Å²) in [5.41, 5.74) is 0. The Bertz CT molecular complexity index is 532. The van der Waals surface area contributed by atoms with E-state index in [1.165, 1.54) is 0 Å². The largest absolute Gasteiger partial charge is 0.481 e. The molecule has 3 aliphatic rings. The summed E-state index contributed by atoms with van der Waals surface area (Å²) < 4.78 is 0. The van der Waals surface area contributed by atoms with Crippen molar-refractivity contribution < 1.29 is 19.5 Å². The number of likely N-dealkylation sites (tertiary alicyclic amines) is 2. The zero-order valence-electron chi connectivity index (χ0n) is 14.4. The molecule has 0 aromatic heterocycles. The van der Waals surface area contributed by atoms with Gasteiger partial charge in [0.05, 0.1) is 5.92 Å². The molecule has 0 aromatic rings. The van der Waals surface area contributed by atoms with Crippen LogP contribution in [0.5, 0.6) is 0 Å². The molecule has 0 radical (unpaired) electrons. The first-order valence-electron chi connectivity index (χ1n) is 8.97. The Kier molecular flexibility index (Phi) is 4.69. The summed E-state index contributed by atoms with van der Waals surface area (Å²) in [7, 11) is 0. The van der Waals surface area contributed by atoms with E-state index in [1.54, 1.807) is 9.80 Å². The molecular weight excluding hydrogens is 310 g/mol. The number of urea groups is 1. The van der Waals surface area contributed by atoms with E-state index in [1.807, 2.05) is 13.8 Å². The first kappa shape index (κ1) is 17.0. The van der Waals surface area contributed by atoms with Crippen molar-refractivity contribution in [3.05, 3.63) is 0 Å². The van der Waals surface area contributed by atoms with E-state index in [-0.39, 0.29) is 30.4 Å². The maximum Gasteiger partial charge on any atom is 0.318 e. The van der Waals surface area contributed by atoms with Crippen molar-refractivity contribution >= 4 is 17.9 Å². The molecule has 0 spiro atoms. The molecule has 2 aliphatic heterocycles. The van der Waals surface area contributed by atoms with Gasteiger partial charge in [-0.3, -0.25) is 9.59 Å². The van der Waals surface area contributed by atoms with Crippen LogP contribution in [0.1, 0.15) is 39.5 Å². The molecule has 3 atom stereocenters. The van der Waals surface area contributed by atoms with Crippen LogP contribution < -0.4 is 5.32 Å². The highest BCUT2D eigenvalue weighted by atomic mass is 16.4. The number of nitrogens with one attached hydrogen (secondary N) is 1. The van der Waals surface area contributed by atoms with Gasteiger partial charge in [-0.1, -0.05) is 0 Å². The summed E-state index contributed by atoms with van der Waals surface area (Å²) in [4.78, 5) is 40.0. The first-order valence-corrected chi connectivity index (χ1v) is 8.97. The van der Waals surface area contributed by atoms with Crippen molar-refractivity contribution in [2.45, 2.75) is 51.6 Å². The predicted molar refractivity (Wildman–Crippen MR) is 87.3 cm³/mol. The standard InChI is InChI=1S/C17H27N3O4/c1-10(2)18-17(24)20-7-3-4-14(20)15(21)19-8-12(11-5-6-11)13(9-19)16(22)23/h10-14H,3-9H2,1-2H3,(H,18,24)(H,22,23)/t12-,13+,14+/m1/s1. The summed E-state index contributed by atoms with van der Waals surface area (Å²) in [6, 6.07) is -0.624.